The van der Waals surface area contributed by atoms with Gasteiger partial charge in [0.05, 0.1) is 17.1 Å². The van der Waals surface area contributed by atoms with Crippen LogP contribution in [0.25, 0.3) is 0 Å². The molecule has 2 rings (SSSR count). The van der Waals surface area contributed by atoms with Crippen molar-refractivity contribution in [3.63, 3.8) is 0 Å². The molecular weight excluding hydrogens is 305 g/mol. The second-order valence-electron chi connectivity index (χ2n) is 3.98. The Morgan fingerprint density at radius 1 is 1.37 bits per heavy atom. The van der Waals surface area contributed by atoms with Gasteiger partial charge in [0.2, 0.25) is 0 Å². The Labute approximate surface area is 125 Å². The highest BCUT2D eigenvalue weighted by atomic mass is 35.5. The zero-order chi connectivity index (χ0) is 13.8. The van der Waals surface area contributed by atoms with E-state index in [0.717, 1.165) is 6.42 Å². The van der Waals surface area contributed by atoms with Crippen LogP contribution in [0.5, 0.6) is 5.75 Å². The van der Waals surface area contributed by atoms with E-state index in [9.17, 15) is 5.11 Å². The molecule has 102 valence electrons. The van der Waals surface area contributed by atoms with Gasteiger partial charge in [0, 0.05) is 17.3 Å². The average Bonchev–Trinajstić information content (AvgIpc) is 2.75. The first-order chi connectivity index (χ1) is 9.11. The van der Waals surface area contributed by atoms with Crippen molar-refractivity contribution in [2.45, 2.75) is 19.4 Å². The fourth-order valence-electron chi connectivity index (χ4n) is 1.60. The molecule has 0 aliphatic rings. The first kappa shape index (κ1) is 14.6. The van der Waals surface area contributed by atoms with E-state index in [1.807, 2.05) is 6.92 Å². The van der Waals surface area contributed by atoms with E-state index >= 15 is 0 Å². The van der Waals surface area contributed by atoms with Crippen LogP contribution in [-0.2, 0) is 0 Å². The first-order valence-electron chi connectivity index (χ1n) is 5.82. The SMILES string of the molecule is CCCOc1cncc(C(O)c2cc(Cl)sc2Cl)c1. The van der Waals surface area contributed by atoms with E-state index in [1.54, 1.807) is 24.5 Å². The van der Waals surface area contributed by atoms with E-state index in [0.29, 0.717) is 32.2 Å². The van der Waals surface area contributed by atoms with Gasteiger partial charge in [-0.3, -0.25) is 4.98 Å². The van der Waals surface area contributed by atoms with Crippen LogP contribution in [0.2, 0.25) is 8.67 Å². The minimum atomic E-state index is -0.853. The highest BCUT2D eigenvalue weighted by Gasteiger charge is 2.17. The van der Waals surface area contributed by atoms with Gasteiger partial charge < -0.3 is 9.84 Å². The summed E-state index contributed by atoms with van der Waals surface area (Å²) in [4.78, 5) is 4.06. The molecule has 2 aromatic rings. The van der Waals surface area contributed by atoms with Gasteiger partial charge in [-0.25, -0.2) is 0 Å². The number of nitrogens with zero attached hydrogens (tertiary/aromatic N) is 1. The smallest absolute Gasteiger partial charge is 0.137 e. The predicted octanol–water partition coefficient (Wildman–Crippen LogP) is 4.32. The van der Waals surface area contributed by atoms with Crippen molar-refractivity contribution in [2.75, 3.05) is 6.61 Å². The zero-order valence-corrected chi connectivity index (χ0v) is 12.6. The van der Waals surface area contributed by atoms with Crippen molar-refractivity contribution >= 4 is 34.5 Å². The summed E-state index contributed by atoms with van der Waals surface area (Å²) >= 11 is 13.1. The number of ether oxygens (including phenoxy) is 1. The second-order valence-corrected chi connectivity index (χ2v) is 6.27. The maximum atomic E-state index is 10.3. The molecule has 0 aliphatic heterocycles. The van der Waals surface area contributed by atoms with Gasteiger partial charge in [0.15, 0.2) is 0 Å². The maximum Gasteiger partial charge on any atom is 0.137 e. The first-order valence-corrected chi connectivity index (χ1v) is 7.39. The molecule has 0 aromatic carbocycles. The molecule has 0 saturated heterocycles. The zero-order valence-electron chi connectivity index (χ0n) is 10.3. The van der Waals surface area contributed by atoms with Crippen LogP contribution >= 0.6 is 34.5 Å². The number of aliphatic hydroxyl groups is 1. The Hall–Kier alpha value is -0.810. The number of hydrogen-bond donors (Lipinski definition) is 1. The number of hydrogen-bond acceptors (Lipinski definition) is 4. The molecule has 19 heavy (non-hydrogen) atoms. The van der Waals surface area contributed by atoms with Crippen molar-refractivity contribution in [1.29, 1.82) is 0 Å². The monoisotopic (exact) mass is 317 g/mol. The van der Waals surface area contributed by atoms with E-state index in [1.165, 1.54) is 11.3 Å². The highest BCUT2D eigenvalue weighted by molar-refractivity contribution is 7.20. The third-order valence-electron chi connectivity index (χ3n) is 2.50. The molecule has 0 bridgehead atoms. The number of halogens is 2. The van der Waals surface area contributed by atoms with Crippen molar-refractivity contribution < 1.29 is 9.84 Å². The Morgan fingerprint density at radius 2 is 2.16 bits per heavy atom. The summed E-state index contributed by atoms with van der Waals surface area (Å²) in [5, 5.41) is 10.3. The molecule has 0 spiro atoms. The van der Waals surface area contributed by atoms with Gasteiger partial charge in [0.25, 0.3) is 0 Å². The lowest BCUT2D eigenvalue weighted by molar-refractivity contribution is 0.219. The topological polar surface area (TPSA) is 42.4 Å². The van der Waals surface area contributed by atoms with Gasteiger partial charge in [-0.1, -0.05) is 30.1 Å². The van der Waals surface area contributed by atoms with Crippen LogP contribution in [0, 0.1) is 0 Å². The number of aromatic nitrogens is 1. The average molecular weight is 318 g/mol. The summed E-state index contributed by atoms with van der Waals surface area (Å²) < 4.78 is 6.52. The standard InChI is InChI=1S/C13H13Cl2NO2S/c1-2-3-18-9-4-8(6-16-7-9)12(17)10-5-11(14)19-13(10)15/h4-7,12,17H,2-3H2,1H3. The Morgan fingerprint density at radius 3 is 2.79 bits per heavy atom. The fourth-order valence-corrected chi connectivity index (χ4v) is 3.12. The van der Waals surface area contributed by atoms with Gasteiger partial charge >= 0.3 is 0 Å². The molecule has 1 N–H and O–H groups in total. The van der Waals surface area contributed by atoms with Gasteiger partial charge in [-0.2, -0.15) is 0 Å². The normalized spacial score (nSPS) is 12.4. The third-order valence-corrected chi connectivity index (χ3v) is 4.02. The van der Waals surface area contributed by atoms with E-state index < -0.39 is 6.10 Å². The quantitative estimate of drug-likeness (QED) is 0.893. The van der Waals surface area contributed by atoms with Gasteiger partial charge in [-0.15, -0.1) is 11.3 Å². The number of thiophene rings is 1. The van der Waals surface area contributed by atoms with Crippen LogP contribution in [0.3, 0.4) is 0 Å². The lowest BCUT2D eigenvalue weighted by Crippen LogP contribution is -2.01. The lowest BCUT2D eigenvalue weighted by Gasteiger charge is -2.11. The Kier molecular flexibility index (Phi) is 5.05. The second kappa shape index (κ2) is 6.57. The summed E-state index contributed by atoms with van der Waals surface area (Å²) in [6, 6.07) is 3.42. The lowest BCUT2D eigenvalue weighted by atomic mass is 10.1. The summed E-state index contributed by atoms with van der Waals surface area (Å²) in [6.45, 7) is 2.64. The molecule has 0 fully saturated rings. The number of aliphatic hydroxyl groups excluding tert-OH is 1. The van der Waals surface area contributed by atoms with Crippen LogP contribution in [0.4, 0.5) is 0 Å². The fraction of sp³-hybridized carbons (Fsp3) is 0.308. The van der Waals surface area contributed by atoms with Crippen molar-refractivity contribution in [1.82, 2.24) is 4.98 Å². The minimum absolute atomic E-state index is 0.484. The molecule has 2 heterocycles. The molecular formula is C13H13Cl2NO2S. The molecule has 0 amide bonds. The van der Waals surface area contributed by atoms with E-state index in [4.69, 9.17) is 27.9 Å². The Balaban J connectivity index is 2.23. The molecule has 1 unspecified atom stereocenters. The van der Waals surface area contributed by atoms with Crippen LogP contribution in [-0.4, -0.2) is 16.7 Å². The minimum Gasteiger partial charge on any atom is -0.492 e. The summed E-state index contributed by atoms with van der Waals surface area (Å²) in [5.74, 6) is 0.635. The molecule has 0 aliphatic carbocycles. The highest BCUT2D eigenvalue weighted by Crippen LogP contribution is 2.37. The molecule has 6 heteroatoms. The van der Waals surface area contributed by atoms with Crippen LogP contribution in [0.15, 0.2) is 24.5 Å². The number of rotatable bonds is 5. The summed E-state index contributed by atoms with van der Waals surface area (Å²) in [5.41, 5.74) is 1.22. The van der Waals surface area contributed by atoms with Crippen LogP contribution < -0.4 is 4.74 Å². The molecule has 1 atom stereocenters. The van der Waals surface area contributed by atoms with Gasteiger partial charge in [-0.05, 0) is 18.6 Å². The molecule has 3 nitrogen and oxygen atoms in total. The van der Waals surface area contributed by atoms with Gasteiger partial charge in [0.1, 0.15) is 16.2 Å². The van der Waals surface area contributed by atoms with Crippen LogP contribution in [0.1, 0.15) is 30.6 Å². The molecule has 0 saturated carbocycles. The molecule has 0 radical (unpaired) electrons. The van der Waals surface area contributed by atoms with E-state index in [-0.39, 0.29) is 0 Å². The Bertz CT molecular complexity index is 559. The third kappa shape index (κ3) is 3.60. The number of pyridine rings is 1. The van der Waals surface area contributed by atoms with Crippen molar-refractivity contribution in [3.05, 3.63) is 44.3 Å². The summed E-state index contributed by atoms with van der Waals surface area (Å²) in [7, 11) is 0. The van der Waals surface area contributed by atoms with Crippen molar-refractivity contribution in [3.8, 4) is 5.75 Å². The van der Waals surface area contributed by atoms with Crippen molar-refractivity contribution in [2.24, 2.45) is 0 Å². The molecule has 2 aromatic heterocycles. The predicted molar refractivity (Wildman–Crippen MR) is 78.4 cm³/mol. The summed E-state index contributed by atoms with van der Waals surface area (Å²) in [6.07, 6.45) is 3.27. The van der Waals surface area contributed by atoms with E-state index in [2.05, 4.69) is 4.98 Å². The largest absolute Gasteiger partial charge is 0.492 e. The maximum absolute atomic E-state index is 10.3.